The molecule has 0 fully saturated rings. The molecule has 1 aliphatic rings. The van der Waals surface area contributed by atoms with Crippen LogP contribution in [0, 0.1) is 0 Å². The molecule has 3 heteroatoms. The summed E-state index contributed by atoms with van der Waals surface area (Å²) in [6.07, 6.45) is 4.24. The normalized spacial score (nSPS) is 14.4. The van der Waals surface area contributed by atoms with Crippen LogP contribution in [0.15, 0.2) is 18.2 Å². The first-order valence-electron chi connectivity index (χ1n) is 6.79. The number of hydrogen-bond donors (Lipinski definition) is 1. The summed E-state index contributed by atoms with van der Waals surface area (Å²) in [5, 5.41) is 8.66. The molecular formula is C15H21NO2. The Labute approximate surface area is 108 Å². The third-order valence-corrected chi connectivity index (χ3v) is 3.60. The van der Waals surface area contributed by atoms with Gasteiger partial charge in [-0.25, -0.2) is 0 Å². The number of carbonyl (C=O) groups is 1. The van der Waals surface area contributed by atoms with Crippen molar-refractivity contribution < 1.29 is 9.90 Å². The molecule has 0 aromatic heterocycles. The van der Waals surface area contributed by atoms with Crippen LogP contribution < -0.4 is 4.90 Å². The van der Waals surface area contributed by atoms with Gasteiger partial charge in [0.2, 0.25) is 0 Å². The monoisotopic (exact) mass is 247 g/mol. The lowest BCUT2D eigenvalue weighted by Gasteiger charge is -2.30. The van der Waals surface area contributed by atoms with Crippen LogP contribution in [0.25, 0.3) is 0 Å². The molecule has 0 unspecified atom stereocenters. The molecular weight excluding hydrogens is 226 g/mol. The lowest BCUT2D eigenvalue weighted by molar-refractivity contribution is -0.137. The first kappa shape index (κ1) is 12.9. The Balaban J connectivity index is 2.07. The molecule has 0 aliphatic carbocycles. The molecule has 0 atom stereocenters. The molecule has 1 aliphatic heterocycles. The van der Waals surface area contributed by atoms with Gasteiger partial charge in [0, 0.05) is 25.2 Å². The van der Waals surface area contributed by atoms with E-state index in [9.17, 15) is 4.79 Å². The molecule has 1 aromatic rings. The molecule has 3 nitrogen and oxygen atoms in total. The maximum Gasteiger partial charge on any atom is 0.303 e. The fraction of sp³-hybridized carbons (Fsp3) is 0.533. The number of hydrogen-bond acceptors (Lipinski definition) is 2. The smallest absolute Gasteiger partial charge is 0.303 e. The second-order valence-corrected chi connectivity index (χ2v) is 4.89. The lowest BCUT2D eigenvalue weighted by Crippen LogP contribution is -2.29. The van der Waals surface area contributed by atoms with Crippen LogP contribution >= 0.6 is 0 Å². The zero-order chi connectivity index (χ0) is 13.0. The lowest BCUT2D eigenvalue weighted by atomic mass is 9.97. The van der Waals surface area contributed by atoms with Crippen molar-refractivity contribution in [3.8, 4) is 0 Å². The zero-order valence-electron chi connectivity index (χ0n) is 11.0. The third-order valence-electron chi connectivity index (χ3n) is 3.60. The Bertz CT molecular complexity index is 429. The molecule has 0 amide bonds. The fourth-order valence-electron chi connectivity index (χ4n) is 2.62. The number of benzene rings is 1. The molecule has 1 N–H and O–H groups in total. The van der Waals surface area contributed by atoms with Crippen LogP contribution in [0.5, 0.6) is 0 Å². The average Bonchev–Trinajstić information content (AvgIpc) is 2.37. The molecule has 0 spiro atoms. The van der Waals surface area contributed by atoms with Gasteiger partial charge in [-0.2, -0.15) is 0 Å². The van der Waals surface area contributed by atoms with E-state index in [0.717, 1.165) is 25.9 Å². The molecule has 0 radical (unpaired) electrons. The van der Waals surface area contributed by atoms with Gasteiger partial charge in [0.25, 0.3) is 0 Å². The van der Waals surface area contributed by atoms with Crippen molar-refractivity contribution in [2.45, 2.75) is 39.0 Å². The number of carboxylic acids is 1. The van der Waals surface area contributed by atoms with Crippen molar-refractivity contribution in [1.29, 1.82) is 0 Å². The zero-order valence-corrected chi connectivity index (χ0v) is 11.0. The number of aliphatic carboxylic acids is 1. The Kier molecular flexibility index (Phi) is 4.24. The number of fused-ring (bicyclic) bond motifs is 1. The van der Waals surface area contributed by atoms with Crippen LogP contribution in [-0.4, -0.2) is 24.2 Å². The van der Waals surface area contributed by atoms with E-state index in [1.807, 2.05) is 0 Å². The highest BCUT2D eigenvalue weighted by atomic mass is 16.4. The van der Waals surface area contributed by atoms with Crippen molar-refractivity contribution in [1.82, 2.24) is 0 Å². The van der Waals surface area contributed by atoms with E-state index in [-0.39, 0.29) is 6.42 Å². The predicted molar refractivity (Wildman–Crippen MR) is 73.2 cm³/mol. The van der Waals surface area contributed by atoms with Gasteiger partial charge >= 0.3 is 5.97 Å². The summed E-state index contributed by atoms with van der Waals surface area (Å²) < 4.78 is 0. The SMILES string of the molecule is CCN1CCCc2ccc(CCCC(=O)O)cc21. The summed E-state index contributed by atoms with van der Waals surface area (Å²) in [5.41, 5.74) is 4.05. The number of nitrogens with zero attached hydrogens (tertiary/aromatic N) is 1. The predicted octanol–water partition coefficient (Wildman–Crippen LogP) is 2.87. The fourth-order valence-corrected chi connectivity index (χ4v) is 2.62. The van der Waals surface area contributed by atoms with Crippen molar-refractivity contribution in [2.75, 3.05) is 18.0 Å². The Morgan fingerprint density at radius 2 is 2.28 bits per heavy atom. The maximum absolute atomic E-state index is 10.5. The van der Waals surface area contributed by atoms with E-state index in [1.165, 1.54) is 29.7 Å². The molecule has 0 saturated carbocycles. The van der Waals surface area contributed by atoms with Gasteiger partial charge in [-0.1, -0.05) is 12.1 Å². The van der Waals surface area contributed by atoms with Crippen LogP contribution in [0.1, 0.15) is 37.3 Å². The van der Waals surface area contributed by atoms with Crippen molar-refractivity contribution in [3.05, 3.63) is 29.3 Å². The van der Waals surface area contributed by atoms with Crippen LogP contribution in [0.2, 0.25) is 0 Å². The Morgan fingerprint density at radius 1 is 1.44 bits per heavy atom. The van der Waals surface area contributed by atoms with Gasteiger partial charge in [0.1, 0.15) is 0 Å². The highest BCUT2D eigenvalue weighted by molar-refractivity contribution is 5.66. The first-order chi connectivity index (χ1) is 8.70. The van der Waals surface area contributed by atoms with E-state index in [2.05, 4.69) is 30.0 Å². The van der Waals surface area contributed by atoms with Gasteiger partial charge in [0.15, 0.2) is 0 Å². The molecule has 98 valence electrons. The van der Waals surface area contributed by atoms with E-state index in [1.54, 1.807) is 0 Å². The minimum Gasteiger partial charge on any atom is -0.481 e. The molecule has 18 heavy (non-hydrogen) atoms. The third kappa shape index (κ3) is 3.03. The molecule has 1 aromatic carbocycles. The topological polar surface area (TPSA) is 40.5 Å². The second-order valence-electron chi connectivity index (χ2n) is 4.89. The average molecular weight is 247 g/mol. The van der Waals surface area contributed by atoms with Crippen molar-refractivity contribution in [2.24, 2.45) is 0 Å². The highest BCUT2D eigenvalue weighted by Crippen LogP contribution is 2.28. The molecule has 0 bridgehead atoms. The van der Waals surface area contributed by atoms with Gasteiger partial charge < -0.3 is 10.0 Å². The van der Waals surface area contributed by atoms with Gasteiger partial charge in [-0.3, -0.25) is 4.79 Å². The minimum atomic E-state index is -0.705. The van der Waals surface area contributed by atoms with Crippen molar-refractivity contribution in [3.63, 3.8) is 0 Å². The second kappa shape index (κ2) is 5.89. The maximum atomic E-state index is 10.5. The van der Waals surface area contributed by atoms with Gasteiger partial charge in [0.05, 0.1) is 0 Å². The molecule has 0 saturated heterocycles. The summed E-state index contributed by atoms with van der Waals surface area (Å²) in [6, 6.07) is 6.62. The van der Waals surface area contributed by atoms with Crippen LogP contribution in [-0.2, 0) is 17.6 Å². The molecule has 2 rings (SSSR count). The summed E-state index contributed by atoms with van der Waals surface area (Å²) in [4.78, 5) is 12.9. The standard InChI is InChI=1S/C15H21NO2/c1-2-16-10-4-6-13-9-8-12(11-14(13)16)5-3-7-15(17)18/h8-9,11H,2-7,10H2,1H3,(H,17,18). The minimum absolute atomic E-state index is 0.259. The van der Waals surface area contributed by atoms with Crippen LogP contribution in [0.3, 0.4) is 0 Å². The first-order valence-corrected chi connectivity index (χ1v) is 6.79. The van der Waals surface area contributed by atoms with E-state index >= 15 is 0 Å². The summed E-state index contributed by atoms with van der Waals surface area (Å²) in [6.45, 7) is 4.37. The largest absolute Gasteiger partial charge is 0.481 e. The van der Waals surface area contributed by atoms with E-state index in [4.69, 9.17) is 5.11 Å². The summed E-state index contributed by atoms with van der Waals surface area (Å²) >= 11 is 0. The van der Waals surface area contributed by atoms with E-state index in [0.29, 0.717) is 0 Å². The highest BCUT2D eigenvalue weighted by Gasteiger charge is 2.15. The van der Waals surface area contributed by atoms with Gasteiger partial charge in [-0.05, 0) is 49.8 Å². The number of rotatable bonds is 5. The Hall–Kier alpha value is -1.51. The molecule has 1 heterocycles. The van der Waals surface area contributed by atoms with Gasteiger partial charge in [-0.15, -0.1) is 0 Å². The summed E-state index contributed by atoms with van der Waals surface area (Å²) in [7, 11) is 0. The number of anilines is 1. The summed E-state index contributed by atoms with van der Waals surface area (Å²) in [5.74, 6) is -0.705. The van der Waals surface area contributed by atoms with Crippen LogP contribution in [0.4, 0.5) is 5.69 Å². The quantitative estimate of drug-likeness (QED) is 0.869. The van der Waals surface area contributed by atoms with E-state index < -0.39 is 5.97 Å². The van der Waals surface area contributed by atoms with Crippen molar-refractivity contribution >= 4 is 11.7 Å². The Morgan fingerprint density at radius 3 is 3.00 bits per heavy atom. The number of carboxylic acid groups (broad SMARTS) is 1. The number of aryl methyl sites for hydroxylation is 2.